The molecular formula is C16H28N2O. The molecule has 0 saturated carbocycles. The highest BCUT2D eigenvalue weighted by Crippen LogP contribution is 2.20. The first-order valence-electron chi connectivity index (χ1n) is 7.57. The van der Waals surface area contributed by atoms with Gasteiger partial charge in [0.2, 0.25) is 0 Å². The number of hydrogen-bond donors (Lipinski definition) is 1. The van der Waals surface area contributed by atoms with Crippen molar-refractivity contribution in [3.05, 3.63) is 30.1 Å². The topological polar surface area (TPSA) is 48.1 Å². The predicted molar refractivity (Wildman–Crippen MR) is 80.0 cm³/mol. The van der Waals surface area contributed by atoms with Gasteiger partial charge < -0.3 is 10.5 Å². The van der Waals surface area contributed by atoms with Crippen LogP contribution in [0, 0.1) is 0 Å². The van der Waals surface area contributed by atoms with E-state index in [0.29, 0.717) is 0 Å². The van der Waals surface area contributed by atoms with Crippen LogP contribution in [-0.4, -0.2) is 17.6 Å². The summed E-state index contributed by atoms with van der Waals surface area (Å²) in [5, 5.41) is 0. The van der Waals surface area contributed by atoms with E-state index < -0.39 is 0 Å². The zero-order chi connectivity index (χ0) is 13.9. The molecule has 2 atom stereocenters. The van der Waals surface area contributed by atoms with Gasteiger partial charge in [0.25, 0.3) is 0 Å². The molecule has 0 aliphatic rings. The summed E-state index contributed by atoms with van der Waals surface area (Å²) in [6.45, 7) is 5.09. The van der Waals surface area contributed by atoms with Crippen molar-refractivity contribution in [2.75, 3.05) is 6.61 Å². The average Bonchev–Trinajstić information content (AvgIpc) is 2.47. The number of ether oxygens (including phenoxy) is 1. The molecule has 0 amide bonds. The number of nitrogens with zero attached hydrogens (tertiary/aromatic N) is 1. The van der Waals surface area contributed by atoms with Crippen molar-refractivity contribution >= 4 is 0 Å². The van der Waals surface area contributed by atoms with Gasteiger partial charge in [0.05, 0.1) is 5.69 Å². The van der Waals surface area contributed by atoms with Crippen molar-refractivity contribution in [1.82, 2.24) is 4.98 Å². The van der Waals surface area contributed by atoms with Gasteiger partial charge >= 0.3 is 0 Å². The molecular weight excluding hydrogens is 236 g/mol. The summed E-state index contributed by atoms with van der Waals surface area (Å²) in [6, 6.07) is 5.92. The Bertz CT molecular complexity index is 316. The zero-order valence-electron chi connectivity index (χ0n) is 12.3. The molecule has 0 aliphatic heterocycles. The van der Waals surface area contributed by atoms with Gasteiger partial charge in [-0.3, -0.25) is 4.98 Å². The number of rotatable bonds is 10. The molecule has 0 saturated heterocycles. The normalized spacial score (nSPS) is 14.3. The SMILES string of the molecule is CCCCCCCOC(c1ccccn1)C(N)CC. The molecule has 0 fully saturated rings. The van der Waals surface area contributed by atoms with Crippen LogP contribution in [0.2, 0.25) is 0 Å². The fourth-order valence-electron chi connectivity index (χ4n) is 2.10. The van der Waals surface area contributed by atoms with Crippen molar-refractivity contribution in [2.24, 2.45) is 5.73 Å². The Hall–Kier alpha value is -0.930. The largest absolute Gasteiger partial charge is 0.370 e. The number of pyridine rings is 1. The van der Waals surface area contributed by atoms with Crippen molar-refractivity contribution < 1.29 is 4.74 Å². The predicted octanol–water partition coefficient (Wildman–Crippen LogP) is 3.85. The lowest BCUT2D eigenvalue weighted by Gasteiger charge is -2.23. The lowest BCUT2D eigenvalue weighted by atomic mass is 10.1. The van der Waals surface area contributed by atoms with Gasteiger partial charge in [-0.05, 0) is 25.0 Å². The Morgan fingerprint density at radius 2 is 1.95 bits per heavy atom. The number of hydrogen-bond acceptors (Lipinski definition) is 3. The van der Waals surface area contributed by atoms with Crippen molar-refractivity contribution in [3.63, 3.8) is 0 Å². The lowest BCUT2D eigenvalue weighted by molar-refractivity contribution is 0.0283. The second-order valence-corrected chi connectivity index (χ2v) is 5.03. The average molecular weight is 264 g/mol. The zero-order valence-corrected chi connectivity index (χ0v) is 12.3. The molecule has 0 aromatic carbocycles. The van der Waals surface area contributed by atoms with Gasteiger partial charge in [0, 0.05) is 18.8 Å². The maximum absolute atomic E-state index is 6.15. The molecule has 108 valence electrons. The fraction of sp³-hybridized carbons (Fsp3) is 0.688. The van der Waals surface area contributed by atoms with Crippen LogP contribution in [0.5, 0.6) is 0 Å². The van der Waals surface area contributed by atoms with Crippen molar-refractivity contribution in [1.29, 1.82) is 0 Å². The third kappa shape index (κ3) is 6.17. The first kappa shape index (κ1) is 16.1. The minimum absolute atomic E-state index is 0.0190. The molecule has 3 nitrogen and oxygen atoms in total. The summed E-state index contributed by atoms with van der Waals surface area (Å²) in [4.78, 5) is 4.37. The first-order chi connectivity index (χ1) is 9.29. The van der Waals surface area contributed by atoms with Gasteiger partial charge in [-0.25, -0.2) is 0 Å². The van der Waals surface area contributed by atoms with Crippen LogP contribution in [0.4, 0.5) is 0 Å². The van der Waals surface area contributed by atoms with E-state index in [1.54, 1.807) is 6.20 Å². The van der Waals surface area contributed by atoms with Gasteiger partial charge in [0.15, 0.2) is 0 Å². The minimum atomic E-state index is -0.0719. The second kappa shape index (κ2) is 9.93. The molecule has 0 aliphatic carbocycles. The molecule has 0 radical (unpaired) electrons. The van der Waals surface area contributed by atoms with Crippen LogP contribution >= 0.6 is 0 Å². The van der Waals surface area contributed by atoms with Crippen LogP contribution in [0.25, 0.3) is 0 Å². The van der Waals surface area contributed by atoms with Crippen LogP contribution < -0.4 is 5.73 Å². The van der Waals surface area contributed by atoms with E-state index in [-0.39, 0.29) is 12.1 Å². The van der Waals surface area contributed by atoms with E-state index >= 15 is 0 Å². The smallest absolute Gasteiger partial charge is 0.114 e. The van der Waals surface area contributed by atoms with Gasteiger partial charge in [-0.15, -0.1) is 0 Å². The maximum atomic E-state index is 6.15. The molecule has 1 aromatic heterocycles. The number of aromatic nitrogens is 1. The van der Waals surface area contributed by atoms with E-state index in [4.69, 9.17) is 10.5 Å². The summed E-state index contributed by atoms with van der Waals surface area (Å²) in [6.07, 6.45) is 8.87. The van der Waals surface area contributed by atoms with Crippen LogP contribution in [0.3, 0.4) is 0 Å². The van der Waals surface area contributed by atoms with Gasteiger partial charge in [-0.2, -0.15) is 0 Å². The van der Waals surface area contributed by atoms with Crippen LogP contribution in [0.15, 0.2) is 24.4 Å². The third-order valence-electron chi connectivity index (χ3n) is 3.38. The quantitative estimate of drug-likeness (QED) is 0.653. The highest BCUT2D eigenvalue weighted by Gasteiger charge is 2.19. The van der Waals surface area contributed by atoms with Gasteiger partial charge in [-0.1, -0.05) is 45.6 Å². The highest BCUT2D eigenvalue weighted by molar-refractivity contribution is 5.09. The molecule has 1 heterocycles. The molecule has 3 heteroatoms. The molecule has 19 heavy (non-hydrogen) atoms. The monoisotopic (exact) mass is 264 g/mol. The van der Waals surface area contributed by atoms with Crippen LogP contribution in [-0.2, 0) is 4.74 Å². The van der Waals surface area contributed by atoms with E-state index in [2.05, 4.69) is 18.8 Å². The van der Waals surface area contributed by atoms with E-state index in [0.717, 1.165) is 25.1 Å². The minimum Gasteiger partial charge on any atom is -0.370 e. The van der Waals surface area contributed by atoms with Crippen molar-refractivity contribution in [2.45, 2.75) is 64.5 Å². The van der Waals surface area contributed by atoms with E-state index in [9.17, 15) is 0 Å². The number of nitrogens with two attached hydrogens (primary N) is 1. The molecule has 2 N–H and O–H groups in total. The Kier molecular flexibility index (Phi) is 8.43. The van der Waals surface area contributed by atoms with Crippen LogP contribution in [0.1, 0.15) is 64.2 Å². The highest BCUT2D eigenvalue weighted by atomic mass is 16.5. The van der Waals surface area contributed by atoms with E-state index in [1.807, 2.05) is 18.2 Å². The maximum Gasteiger partial charge on any atom is 0.114 e. The lowest BCUT2D eigenvalue weighted by Crippen LogP contribution is -2.30. The second-order valence-electron chi connectivity index (χ2n) is 5.03. The Morgan fingerprint density at radius 1 is 1.16 bits per heavy atom. The first-order valence-corrected chi connectivity index (χ1v) is 7.57. The Morgan fingerprint density at radius 3 is 2.58 bits per heavy atom. The molecule has 0 bridgehead atoms. The van der Waals surface area contributed by atoms with E-state index in [1.165, 1.54) is 25.7 Å². The Balaban J connectivity index is 2.39. The third-order valence-corrected chi connectivity index (χ3v) is 3.38. The summed E-state index contributed by atoms with van der Waals surface area (Å²) in [5.74, 6) is 0. The Labute approximate surface area is 117 Å². The molecule has 2 unspecified atom stereocenters. The summed E-state index contributed by atoms with van der Waals surface area (Å²) in [7, 11) is 0. The van der Waals surface area contributed by atoms with Gasteiger partial charge in [0.1, 0.15) is 6.10 Å². The summed E-state index contributed by atoms with van der Waals surface area (Å²) >= 11 is 0. The fourth-order valence-corrected chi connectivity index (χ4v) is 2.10. The number of unbranched alkanes of at least 4 members (excludes halogenated alkanes) is 4. The molecule has 0 spiro atoms. The standard InChI is InChI=1S/C16H28N2O/c1-3-5-6-7-10-13-19-16(14(17)4-2)15-11-8-9-12-18-15/h8-9,11-12,14,16H,3-7,10,13,17H2,1-2H3. The molecule has 1 rings (SSSR count). The van der Waals surface area contributed by atoms with Crippen molar-refractivity contribution in [3.8, 4) is 0 Å². The summed E-state index contributed by atoms with van der Waals surface area (Å²) < 4.78 is 5.97. The molecule has 1 aromatic rings. The summed E-state index contributed by atoms with van der Waals surface area (Å²) in [5.41, 5.74) is 7.10.